The van der Waals surface area contributed by atoms with Gasteiger partial charge in [0, 0.05) is 37.3 Å². The number of hydrogen-bond acceptors (Lipinski definition) is 2. The summed E-state index contributed by atoms with van der Waals surface area (Å²) in [6, 6.07) is 12.3. The van der Waals surface area contributed by atoms with Gasteiger partial charge in [0.15, 0.2) is 0 Å². The van der Waals surface area contributed by atoms with Crippen LogP contribution in [0.25, 0.3) is 31.9 Å². The van der Waals surface area contributed by atoms with E-state index in [9.17, 15) is 5.11 Å². The summed E-state index contributed by atoms with van der Waals surface area (Å²) in [5.41, 5.74) is 2.19. The van der Waals surface area contributed by atoms with Crippen LogP contribution in [0, 0.1) is 0 Å². The minimum atomic E-state index is 0.375. The summed E-state index contributed by atoms with van der Waals surface area (Å²) in [4.78, 5) is 3.38. The van der Waals surface area contributed by atoms with Crippen LogP contribution in [0.5, 0.6) is 5.75 Å². The Morgan fingerprint density at radius 2 is 1.82 bits per heavy atom. The fourth-order valence-corrected chi connectivity index (χ4v) is 3.28. The van der Waals surface area contributed by atoms with Crippen LogP contribution >= 0.6 is 11.3 Å². The monoisotopic (exact) mass is 239 g/mol. The fourth-order valence-electron chi connectivity index (χ4n) is 2.45. The number of nitrogens with one attached hydrogen (secondary N) is 1. The molecule has 0 spiro atoms. The SMILES string of the molecule is Oc1csc2ccc3[nH]c4ccccc4c3c12. The van der Waals surface area contributed by atoms with Gasteiger partial charge in [-0.2, -0.15) is 0 Å². The Labute approximate surface area is 101 Å². The van der Waals surface area contributed by atoms with Gasteiger partial charge in [-0.25, -0.2) is 0 Å². The molecule has 0 unspecified atom stereocenters. The number of aromatic nitrogens is 1. The number of benzene rings is 2. The Morgan fingerprint density at radius 1 is 0.941 bits per heavy atom. The van der Waals surface area contributed by atoms with E-state index in [1.54, 1.807) is 16.7 Å². The summed E-state index contributed by atoms with van der Waals surface area (Å²) in [6.45, 7) is 0. The second-order valence-corrected chi connectivity index (χ2v) is 5.06. The van der Waals surface area contributed by atoms with Crippen LogP contribution in [0.3, 0.4) is 0 Å². The normalized spacial score (nSPS) is 11.8. The number of fused-ring (bicyclic) bond motifs is 5. The third-order valence-corrected chi connectivity index (χ3v) is 4.12. The summed E-state index contributed by atoms with van der Waals surface area (Å²) in [6.07, 6.45) is 0. The van der Waals surface area contributed by atoms with Crippen LogP contribution in [0.1, 0.15) is 0 Å². The lowest BCUT2D eigenvalue weighted by atomic mass is 10.1. The van der Waals surface area contributed by atoms with Crippen LogP contribution < -0.4 is 0 Å². The third-order valence-electron chi connectivity index (χ3n) is 3.19. The van der Waals surface area contributed by atoms with Crippen molar-refractivity contribution in [2.24, 2.45) is 0 Å². The first-order chi connectivity index (χ1) is 8.34. The Hall–Kier alpha value is -2.00. The number of aromatic amines is 1. The van der Waals surface area contributed by atoms with E-state index in [0.29, 0.717) is 5.75 Å². The van der Waals surface area contributed by atoms with E-state index in [-0.39, 0.29) is 0 Å². The number of para-hydroxylation sites is 1. The maximum Gasteiger partial charge on any atom is 0.134 e. The lowest BCUT2D eigenvalue weighted by molar-refractivity contribution is 0.484. The van der Waals surface area contributed by atoms with E-state index in [1.807, 2.05) is 12.1 Å². The number of thiophene rings is 1. The average molecular weight is 239 g/mol. The minimum Gasteiger partial charge on any atom is -0.506 e. The molecule has 0 atom stereocenters. The topological polar surface area (TPSA) is 36.0 Å². The van der Waals surface area contributed by atoms with Crippen LogP contribution in [0.2, 0.25) is 0 Å². The molecule has 0 aliphatic rings. The highest BCUT2D eigenvalue weighted by Crippen LogP contribution is 2.40. The molecule has 0 radical (unpaired) electrons. The van der Waals surface area contributed by atoms with Gasteiger partial charge in [0.1, 0.15) is 5.75 Å². The smallest absolute Gasteiger partial charge is 0.134 e. The van der Waals surface area contributed by atoms with Crippen molar-refractivity contribution in [3.63, 3.8) is 0 Å². The molecule has 82 valence electrons. The minimum absolute atomic E-state index is 0.375. The Morgan fingerprint density at radius 3 is 2.76 bits per heavy atom. The predicted molar refractivity (Wildman–Crippen MR) is 72.9 cm³/mol. The molecule has 2 nitrogen and oxygen atoms in total. The molecule has 4 aromatic rings. The lowest BCUT2D eigenvalue weighted by Gasteiger charge is -1.95. The van der Waals surface area contributed by atoms with Crippen molar-refractivity contribution in [2.75, 3.05) is 0 Å². The molecule has 0 bridgehead atoms. The summed E-state index contributed by atoms with van der Waals surface area (Å²) in [5, 5.41) is 15.0. The quantitative estimate of drug-likeness (QED) is 0.473. The van der Waals surface area contributed by atoms with Gasteiger partial charge < -0.3 is 10.1 Å². The third kappa shape index (κ3) is 1.09. The van der Waals surface area contributed by atoms with Gasteiger partial charge in [0.25, 0.3) is 0 Å². The standard InChI is InChI=1S/C14H9NOS/c16-11-7-17-12-6-5-10-13(14(11)12)8-3-1-2-4-9(8)15-10/h1-7,15-16H. The maximum absolute atomic E-state index is 9.98. The fraction of sp³-hybridized carbons (Fsp3) is 0. The first-order valence-electron chi connectivity index (χ1n) is 5.44. The zero-order chi connectivity index (χ0) is 11.4. The highest BCUT2D eigenvalue weighted by Gasteiger charge is 2.11. The van der Waals surface area contributed by atoms with Crippen LogP contribution in [0.4, 0.5) is 0 Å². The first-order valence-corrected chi connectivity index (χ1v) is 6.32. The second kappa shape index (κ2) is 3.02. The van der Waals surface area contributed by atoms with Crippen LogP contribution in [0.15, 0.2) is 41.8 Å². The Kier molecular flexibility index (Phi) is 1.61. The molecule has 0 amide bonds. The van der Waals surface area contributed by atoms with Gasteiger partial charge in [-0.1, -0.05) is 18.2 Å². The molecule has 17 heavy (non-hydrogen) atoms. The van der Waals surface area contributed by atoms with Crippen molar-refractivity contribution >= 4 is 43.2 Å². The number of aromatic hydroxyl groups is 1. The van der Waals surface area contributed by atoms with E-state index >= 15 is 0 Å². The zero-order valence-electron chi connectivity index (χ0n) is 8.90. The van der Waals surface area contributed by atoms with Crippen molar-refractivity contribution in [1.82, 2.24) is 4.98 Å². The summed E-state index contributed by atoms with van der Waals surface area (Å²) in [5.74, 6) is 0.375. The van der Waals surface area contributed by atoms with Crippen molar-refractivity contribution in [1.29, 1.82) is 0 Å². The maximum atomic E-state index is 9.98. The molecule has 0 aliphatic carbocycles. The van der Waals surface area contributed by atoms with Gasteiger partial charge in [0.05, 0.1) is 0 Å². The highest BCUT2D eigenvalue weighted by molar-refractivity contribution is 7.17. The van der Waals surface area contributed by atoms with E-state index in [2.05, 4.69) is 29.2 Å². The predicted octanol–water partition coefficient (Wildman–Crippen LogP) is 4.24. The van der Waals surface area contributed by atoms with Crippen LogP contribution in [-0.4, -0.2) is 10.1 Å². The molecule has 0 fully saturated rings. The van der Waals surface area contributed by atoms with Crippen molar-refractivity contribution in [3.8, 4) is 5.75 Å². The molecule has 2 N–H and O–H groups in total. The summed E-state index contributed by atoms with van der Waals surface area (Å²) in [7, 11) is 0. The largest absolute Gasteiger partial charge is 0.506 e. The van der Waals surface area contributed by atoms with E-state index in [4.69, 9.17) is 0 Å². The van der Waals surface area contributed by atoms with Gasteiger partial charge in [-0.15, -0.1) is 11.3 Å². The van der Waals surface area contributed by atoms with Gasteiger partial charge in [-0.05, 0) is 18.2 Å². The van der Waals surface area contributed by atoms with Crippen molar-refractivity contribution < 1.29 is 5.11 Å². The second-order valence-electron chi connectivity index (χ2n) is 4.15. The van der Waals surface area contributed by atoms with Crippen molar-refractivity contribution in [3.05, 3.63) is 41.8 Å². The molecule has 2 aromatic carbocycles. The molecule has 4 rings (SSSR count). The molecule has 0 saturated carbocycles. The number of hydrogen-bond donors (Lipinski definition) is 2. The average Bonchev–Trinajstić information content (AvgIpc) is 2.90. The Bertz CT molecular complexity index is 856. The number of rotatable bonds is 0. The van der Waals surface area contributed by atoms with Gasteiger partial charge in [-0.3, -0.25) is 0 Å². The van der Waals surface area contributed by atoms with Crippen LogP contribution in [-0.2, 0) is 0 Å². The zero-order valence-corrected chi connectivity index (χ0v) is 9.71. The molecule has 2 heterocycles. The summed E-state index contributed by atoms with van der Waals surface area (Å²) < 4.78 is 1.12. The highest BCUT2D eigenvalue weighted by atomic mass is 32.1. The number of H-pyrrole nitrogens is 1. The van der Waals surface area contributed by atoms with E-state index in [0.717, 1.165) is 26.5 Å². The lowest BCUT2D eigenvalue weighted by Crippen LogP contribution is -1.69. The molecule has 2 aromatic heterocycles. The molecular formula is C14H9NOS. The van der Waals surface area contributed by atoms with Gasteiger partial charge >= 0.3 is 0 Å². The van der Waals surface area contributed by atoms with E-state index < -0.39 is 0 Å². The van der Waals surface area contributed by atoms with Gasteiger partial charge in [0.2, 0.25) is 0 Å². The first kappa shape index (κ1) is 9.07. The molecule has 0 aliphatic heterocycles. The molecule has 3 heteroatoms. The Balaban J connectivity index is 2.42. The molecule has 0 saturated heterocycles. The van der Waals surface area contributed by atoms with Crippen molar-refractivity contribution in [2.45, 2.75) is 0 Å². The summed E-state index contributed by atoms with van der Waals surface area (Å²) >= 11 is 1.58. The van der Waals surface area contributed by atoms with E-state index in [1.165, 1.54) is 5.39 Å². The molecular weight excluding hydrogens is 230 g/mol.